The average molecular weight is 820 g/mol. The van der Waals surface area contributed by atoms with Crippen molar-refractivity contribution in [3.63, 3.8) is 0 Å². The third kappa shape index (κ3) is 5.73. The van der Waals surface area contributed by atoms with E-state index in [4.69, 9.17) is 9.47 Å². The number of hydrogen-bond acceptors (Lipinski definition) is 4. The third-order valence-corrected chi connectivity index (χ3v) is 12.8. The molecule has 1 aromatic heterocycles. The maximum absolute atomic E-state index is 6.90. The Morgan fingerprint density at radius 1 is 0.344 bits per heavy atom. The van der Waals surface area contributed by atoms with E-state index in [1.165, 1.54) is 10.8 Å². The Hall–Kier alpha value is -8.48. The maximum Gasteiger partial charge on any atom is 0.260 e. The summed E-state index contributed by atoms with van der Waals surface area (Å²) in [6.07, 6.45) is 0. The van der Waals surface area contributed by atoms with Crippen molar-refractivity contribution in [1.82, 2.24) is 4.57 Å². The van der Waals surface area contributed by atoms with E-state index in [-0.39, 0.29) is 6.71 Å². The molecule has 13 rings (SSSR count). The lowest BCUT2D eigenvalue weighted by atomic mass is 9.35. The molecule has 2 aliphatic heterocycles. The zero-order valence-corrected chi connectivity index (χ0v) is 34.7. The van der Waals surface area contributed by atoms with Crippen LogP contribution >= 0.6 is 0 Å². The lowest BCUT2D eigenvalue weighted by Crippen LogP contribution is -2.57. The number of aromatic nitrogens is 1. The Morgan fingerprint density at radius 2 is 0.844 bits per heavy atom. The van der Waals surface area contributed by atoms with Crippen LogP contribution in [0.2, 0.25) is 0 Å². The van der Waals surface area contributed by atoms with Gasteiger partial charge in [0.1, 0.15) is 23.0 Å². The molecule has 64 heavy (non-hydrogen) atoms. The lowest BCUT2D eigenvalue weighted by Gasteiger charge is -2.34. The van der Waals surface area contributed by atoms with Crippen LogP contribution in [0, 0.1) is 0 Å². The molecule has 10 aromatic carbocycles. The molecule has 0 radical (unpaired) electrons. The Balaban J connectivity index is 1.01. The SMILES string of the molecule is c1ccc(N(c2ccccc2)c2ccc3c(c2)Oc2cccc4c2B3c2cc3c(cc2O4)c2ccc4cc(N(c5ccccc5)c5ccccc5)ccc4c2n3-c2ccccc2)cc1. The molecule has 0 saturated heterocycles. The highest BCUT2D eigenvalue weighted by Gasteiger charge is 2.41. The summed E-state index contributed by atoms with van der Waals surface area (Å²) in [4.78, 5) is 4.60. The van der Waals surface area contributed by atoms with Crippen molar-refractivity contribution in [3.05, 3.63) is 231 Å². The van der Waals surface area contributed by atoms with Crippen molar-refractivity contribution >= 4 is 89.8 Å². The van der Waals surface area contributed by atoms with Gasteiger partial charge in [-0.3, -0.25) is 0 Å². The summed E-state index contributed by atoms with van der Waals surface area (Å²) in [5.41, 5.74) is 13.2. The van der Waals surface area contributed by atoms with Gasteiger partial charge in [-0.05, 0) is 119 Å². The van der Waals surface area contributed by atoms with Crippen LogP contribution in [0.5, 0.6) is 23.0 Å². The molecule has 3 heterocycles. The van der Waals surface area contributed by atoms with Gasteiger partial charge < -0.3 is 23.8 Å². The molecule has 0 fully saturated rings. The van der Waals surface area contributed by atoms with Crippen molar-refractivity contribution in [2.45, 2.75) is 0 Å². The molecule has 0 unspecified atom stereocenters. The molecule has 0 saturated carbocycles. The number of para-hydroxylation sites is 5. The van der Waals surface area contributed by atoms with Crippen molar-refractivity contribution in [2.75, 3.05) is 9.80 Å². The fourth-order valence-electron chi connectivity index (χ4n) is 10.1. The minimum atomic E-state index is -0.109. The van der Waals surface area contributed by atoms with Gasteiger partial charge in [0.25, 0.3) is 6.71 Å². The first-order valence-electron chi connectivity index (χ1n) is 21.8. The highest BCUT2D eigenvalue weighted by Crippen LogP contribution is 2.44. The van der Waals surface area contributed by atoms with E-state index in [1.54, 1.807) is 0 Å². The monoisotopic (exact) mass is 819 g/mol. The molecule has 11 aromatic rings. The van der Waals surface area contributed by atoms with Gasteiger partial charge in [0.05, 0.1) is 11.0 Å². The second-order valence-corrected chi connectivity index (χ2v) is 16.5. The smallest absolute Gasteiger partial charge is 0.260 e. The van der Waals surface area contributed by atoms with Crippen molar-refractivity contribution in [2.24, 2.45) is 0 Å². The van der Waals surface area contributed by atoms with Gasteiger partial charge in [0.15, 0.2) is 0 Å². The van der Waals surface area contributed by atoms with Gasteiger partial charge in [-0.1, -0.05) is 121 Å². The van der Waals surface area contributed by atoms with Crippen LogP contribution in [0.3, 0.4) is 0 Å². The van der Waals surface area contributed by atoms with Crippen LogP contribution in [0.4, 0.5) is 34.1 Å². The Kier molecular flexibility index (Phi) is 8.24. The molecule has 5 nitrogen and oxygen atoms in total. The van der Waals surface area contributed by atoms with Crippen LogP contribution in [-0.4, -0.2) is 11.3 Å². The number of ether oxygens (including phenoxy) is 2. The molecule has 0 aliphatic carbocycles. The van der Waals surface area contributed by atoms with Gasteiger partial charge in [0.2, 0.25) is 0 Å². The largest absolute Gasteiger partial charge is 0.458 e. The van der Waals surface area contributed by atoms with Crippen LogP contribution < -0.4 is 35.7 Å². The molecule has 300 valence electrons. The van der Waals surface area contributed by atoms with Gasteiger partial charge in [-0.2, -0.15) is 0 Å². The highest BCUT2D eigenvalue weighted by atomic mass is 16.5. The minimum Gasteiger partial charge on any atom is -0.458 e. The first kappa shape index (κ1) is 36.2. The van der Waals surface area contributed by atoms with Crippen molar-refractivity contribution in [1.29, 1.82) is 0 Å². The fourth-order valence-corrected chi connectivity index (χ4v) is 10.1. The summed E-state index contributed by atoms with van der Waals surface area (Å²) < 4.78 is 16.2. The number of benzene rings is 10. The van der Waals surface area contributed by atoms with Crippen molar-refractivity contribution < 1.29 is 9.47 Å². The average Bonchev–Trinajstić information content (AvgIpc) is 3.68. The number of rotatable bonds is 7. The number of nitrogens with zero attached hydrogens (tertiary/aromatic N) is 3. The summed E-state index contributed by atoms with van der Waals surface area (Å²) in [6, 6.07) is 81.8. The summed E-state index contributed by atoms with van der Waals surface area (Å²) in [5.74, 6) is 3.33. The van der Waals surface area contributed by atoms with E-state index in [1.807, 2.05) is 6.07 Å². The van der Waals surface area contributed by atoms with E-state index in [9.17, 15) is 0 Å². The Morgan fingerprint density at radius 3 is 1.42 bits per heavy atom. The number of hydrogen-bond donors (Lipinski definition) is 0. The topological polar surface area (TPSA) is 29.9 Å². The molecule has 0 spiro atoms. The van der Waals surface area contributed by atoms with E-state index in [2.05, 4.69) is 239 Å². The van der Waals surface area contributed by atoms with Gasteiger partial charge in [-0.25, -0.2) is 0 Å². The van der Waals surface area contributed by atoms with Gasteiger partial charge in [0, 0.05) is 67.5 Å². The lowest BCUT2D eigenvalue weighted by molar-refractivity contribution is 0.465. The molecular weight excluding hydrogens is 781 g/mol. The molecule has 0 atom stereocenters. The Bertz CT molecular complexity index is 3480. The maximum atomic E-state index is 6.90. The summed E-state index contributed by atoms with van der Waals surface area (Å²) in [7, 11) is 0. The van der Waals surface area contributed by atoms with E-state index in [0.29, 0.717) is 0 Å². The second kappa shape index (κ2) is 14.6. The first-order chi connectivity index (χ1) is 31.7. The predicted octanol–water partition coefficient (Wildman–Crippen LogP) is 13.6. The predicted molar refractivity (Wildman–Crippen MR) is 265 cm³/mol. The zero-order valence-electron chi connectivity index (χ0n) is 34.7. The molecule has 0 N–H and O–H groups in total. The van der Waals surface area contributed by atoms with E-state index in [0.717, 1.165) is 101 Å². The standard InChI is InChI=1S/C58H38BN3O2/c1-6-17-40(18-7-1)60(41-19-8-2-9-20-41)45-30-33-47-39(35-45)29-32-48-49-37-56-51(38-52(49)62(58(47)48)44-25-14-5-15-26-44)59-50-34-31-46(36-55(50)63-53-27-16-28-54(64-56)57(53)59)61(42-21-10-3-11-22-42)43-23-12-4-13-24-43/h1-38H. The van der Waals surface area contributed by atoms with E-state index >= 15 is 0 Å². The first-order valence-corrected chi connectivity index (χ1v) is 21.8. The second-order valence-electron chi connectivity index (χ2n) is 16.5. The third-order valence-electron chi connectivity index (χ3n) is 12.8. The molecule has 2 aliphatic rings. The number of fused-ring (bicyclic) bond motifs is 9. The van der Waals surface area contributed by atoms with Crippen molar-refractivity contribution in [3.8, 4) is 28.7 Å². The summed E-state index contributed by atoms with van der Waals surface area (Å²) in [5, 5.41) is 4.65. The molecular formula is C58H38BN3O2. The Labute approximate surface area is 371 Å². The minimum absolute atomic E-state index is 0.109. The molecule has 0 amide bonds. The van der Waals surface area contributed by atoms with Crippen LogP contribution in [-0.2, 0) is 0 Å². The molecule has 0 bridgehead atoms. The van der Waals surface area contributed by atoms with Gasteiger partial charge >= 0.3 is 0 Å². The fraction of sp³-hybridized carbons (Fsp3) is 0. The highest BCUT2D eigenvalue weighted by molar-refractivity contribution is 6.98. The van der Waals surface area contributed by atoms with Gasteiger partial charge in [-0.15, -0.1) is 0 Å². The summed E-state index contributed by atoms with van der Waals surface area (Å²) >= 11 is 0. The normalized spacial score (nSPS) is 12.3. The van der Waals surface area contributed by atoms with E-state index < -0.39 is 0 Å². The quantitative estimate of drug-likeness (QED) is 0.150. The van der Waals surface area contributed by atoms with Crippen LogP contribution in [0.15, 0.2) is 231 Å². The molecule has 6 heteroatoms. The zero-order chi connectivity index (χ0) is 42.1. The number of anilines is 6. The van der Waals surface area contributed by atoms with Crippen LogP contribution in [0.1, 0.15) is 0 Å². The van der Waals surface area contributed by atoms with Crippen LogP contribution in [0.25, 0.3) is 38.3 Å². The summed E-state index contributed by atoms with van der Waals surface area (Å²) in [6.45, 7) is -0.109.